The number of carboxylic acid groups (broad SMARTS) is 1. The molecule has 0 aliphatic carbocycles. The number of rotatable bonds is 4. The molecule has 0 saturated heterocycles. The topological polar surface area (TPSA) is 122 Å². The van der Waals surface area contributed by atoms with Gasteiger partial charge in [0.1, 0.15) is 5.82 Å². The molecule has 0 spiro atoms. The van der Waals surface area contributed by atoms with Gasteiger partial charge in [-0.1, -0.05) is 5.16 Å². The molecule has 1 heterocycles. The summed E-state index contributed by atoms with van der Waals surface area (Å²) in [6.45, 7) is 2.75. The molecule has 1 aromatic carbocycles. The van der Waals surface area contributed by atoms with Gasteiger partial charge in [0.15, 0.2) is 5.82 Å². The van der Waals surface area contributed by atoms with Crippen LogP contribution in [-0.4, -0.2) is 29.6 Å². The number of anilines is 1. The predicted molar refractivity (Wildman–Crippen MR) is 67.9 cm³/mol. The van der Waals surface area contributed by atoms with Crippen molar-refractivity contribution in [2.75, 3.05) is 4.72 Å². The van der Waals surface area contributed by atoms with Gasteiger partial charge in [0.2, 0.25) is 0 Å². The van der Waals surface area contributed by atoms with Crippen molar-refractivity contribution in [3.05, 3.63) is 34.9 Å². The van der Waals surface area contributed by atoms with E-state index in [4.69, 9.17) is 5.11 Å². The van der Waals surface area contributed by atoms with E-state index in [1.165, 1.54) is 13.8 Å². The van der Waals surface area contributed by atoms with Crippen molar-refractivity contribution in [3.63, 3.8) is 0 Å². The molecule has 0 saturated carbocycles. The minimum atomic E-state index is -4.17. The number of sulfonamides is 1. The molecular formula is C11H10FN3O5S. The van der Waals surface area contributed by atoms with Gasteiger partial charge >= 0.3 is 12.0 Å². The molecule has 0 aliphatic heterocycles. The van der Waals surface area contributed by atoms with Crippen LogP contribution in [-0.2, 0) is 10.0 Å². The highest BCUT2D eigenvalue weighted by atomic mass is 32.2. The Morgan fingerprint density at radius 2 is 2.05 bits per heavy atom. The molecule has 1 aromatic heterocycles. The van der Waals surface area contributed by atoms with E-state index in [2.05, 4.69) is 14.7 Å². The highest BCUT2D eigenvalue weighted by molar-refractivity contribution is 7.92. The Hall–Kier alpha value is -2.49. The number of hydrogen-bond donors (Lipinski definition) is 2. The number of aromatic nitrogens is 2. The molecule has 2 aromatic rings. The molecule has 0 unspecified atom stereocenters. The largest absolute Gasteiger partial charge is 0.478 e. The monoisotopic (exact) mass is 315 g/mol. The van der Waals surface area contributed by atoms with Crippen molar-refractivity contribution >= 4 is 22.0 Å². The number of benzene rings is 1. The first-order valence-corrected chi connectivity index (χ1v) is 7.05. The number of carboxylic acids is 1. The third-order valence-electron chi connectivity index (χ3n) is 2.52. The number of carbonyl (C=O) groups is 1. The average Bonchev–Trinajstić information content (AvgIpc) is 2.76. The number of nitrogens with one attached hydrogen (secondary N) is 1. The molecule has 112 valence electrons. The van der Waals surface area contributed by atoms with Crippen LogP contribution in [0.15, 0.2) is 21.6 Å². The Balaban J connectivity index is 2.47. The van der Waals surface area contributed by atoms with Crippen LogP contribution >= 0.6 is 0 Å². The first-order valence-electron chi connectivity index (χ1n) is 5.57. The van der Waals surface area contributed by atoms with Gasteiger partial charge in [0.05, 0.1) is 10.5 Å². The predicted octanol–water partition coefficient (Wildman–Crippen LogP) is 1.32. The lowest BCUT2D eigenvalue weighted by molar-refractivity contribution is 0.0691. The first-order chi connectivity index (χ1) is 9.70. The van der Waals surface area contributed by atoms with E-state index in [-0.39, 0.29) is 17.4 Å². The van der Waals surface area contributed by atoms with Gasteiger partial charge in [-0.2, -0.15) is 4.98 Å². The molecule has 0 amide bonds. The summed E-state index contributed by atoms with van der Waals surface area (Å²) in [4.78, 5) is 14.2. The van der Waals surface area contributed by atoms with E-state index < -0.39 is 32.3 Å². The third-order valence-corrected chi connectivity index (χ3v) is 3.82. The maximum atomic E-state index is 13.6. The lowest BCUT2D eigenvalue weighted by Crippen LogP contribution is -2.15. The van der Waals surface area contributed by atoms with E-state index in [1.807, 2.05) is 4.72 Å². The first kappa shape index (κ1) is 14.9. The summed E-state index contributed by atoms with van der Waals surface area (Å²) < 4.78 is 44.4. The normalized spacial score (nSPS) is 11.4. The molecule has 0 radical (unpaired) electrons. The van der Waals surface area contributed by atoms with Gasteiger partial charge < -0.3 is 9.63 Å². The van der Waals surface area contributed by atoms with Gasteiger partial charge in [0.25, 0.3) is 10.0 Å². The molecule has 0 atom stereocenters. The highest BCUT2D eigenvalue weighted by Gasteiger charge is 2.23. The van der Waals surface area contributed by atoms with Crippen molar-refractivity contribution in [1.29, 1.82) is 0 Å². The summed E-state index contributed by atoms with van der Waals surface area (Å²) in [5.41, 5.74) is -0.853. The van der Waals surface area contributed by atoms with Gasteiger partial charge in [-0.3, -0.25) is 0 Å². The Morgan fingerprint density at radius 1 is 1.38 bits per heavy atom. The Morgan fingerprint density at radius 3 is 2.57 bits per heavy atom. The SMILES string of the molecule is Cc1noc(NS(=O)(=O)c2cc(C)c(F)c(C(=O)O)c2)n1. The van der Waals surface area contributed by atoms with Crippen molar-refractivity contribution in [1.82, 2.24) is 10.1 Å². The summed E-state index contributed by atoms with van der Waals surface area (Å²) in [6.07, 6.45) is 0. The van der Waals surface area contributed by atoms with Crippen molar-refractivity contribution in [2.45, 2.75) is 18.7 Å². The quantitative estimate of drug-likeness (QED) is 0.872. The molecule has 8 nitrogen and oxygen atoms in total. The van der Waals surface area contributed by atoms with Gasteiger partial charge in [0, 0.05) is 0 Å². The van der Waals surface area contributed by atoms with Crippen LogP contribution < -0.4 is 4.72 Å². The van der Waals surface area contributed by atoms with Crippen LogP contribution in [0.5, 0.6) is 0 Å². The number of hydrogen-bond acceptors (Lipinski definition) is 6. The minimum Gasteiger partial charge on any atom is -0.478 e. The second-order valence-corrected chi connectivity index (χ2v) is 5.84. The third kappa shape index (κ3) is 2.99. The maximum absolute atomic E-state index is 13.6. The second-order valence-electron chi connectivity index (χ2n) is 4.16. The zero-order valence-corrected chi connectivity index (χ0v) is 11.7. The second kappa shape index (κ2) is 5.13. The Bertz CT molecular complexity index is 815. The zero-order chi connectivity index (χ0) is 15.8. The fraction of sp³-hybridized carbons (Fsp3) is 0.182. The smallest absolute Gasteiger partial charge is 0.338 e. The summed E-state index contributed by atoms with van der Waals surface area (Å²) in [5.74, 6) is -2.34. The van der Waals surface area contributed by atoms with E-state index in [0.29, 0.717) is 0 Å². The molecule has 2 rings (SSSR count). The lowest BCUT2D eigenvalue weighted by atomic mass is 10.1. The number of nitrogens with zero attached hydrogens (tertiary/aromatic N) is 2. The van der Waals surface area contributed by atoms with E-state index in [0.717, 1.165) is 12.1 Å². The standard InChI is InChI=1S/C11H10FN3O5S/c1-5-3-7(4-8(9(5)12)10(16)17)21(18,19)15-11-13-6(2)14-20-11/h3-4H,1-2H3,(H,16,17)(H,13,14,15). The zero-order valence-electron chi connectivity index (χ0n) is 10.9. The molecule has 21 heavy (non-hydrogen) atoms. The Kier molecular flexibility index (Phi) is 3.64. The molecular weight excluding hydrogens is 305 g/mol. The van der Waals surface area contributed by atoms with Crippen molar-refractivity contribution in [3.8, 4) is 0 Å². The molecule has 0 bridgehead atoms. The fourth-order valence-electron chi connectivity index (χ4n) is 1.56. The summed E-state index contributed by atoms with van der Waals surface area (Å²) in [7, 11) is -4.17. The van der Waals surface area contributed by atoms with Gasteiger partial charge in [-0.25, -0.2) is 22.3 Å². The fourth-order valence-corrected chi connectivity index (χ4v) is 2.60. The van der Waals surface area contributed by atoms with Gasteiger partial charge in [-0.15, -0.1) is 0 Å². The van der Waals surface area contributed by atoms with Crippen molar-refractivity contribution in [2.24, 2.45) is 0 Å². The maximum Gasteiger partial charge on any atom is 0.338 e. The van der Waals surface area contributed by atoms with Crippen LogP contribution in [0, 0.1) is 19.7 Å². The van der Waals surface area contributed by atoms with E-state index in [1.54, 1.807) is 0 Å². The van der Waals surface area contributed by atoms with Gasteiger partial charge in [-0.05, 0) is 31.5 Å². The minimum absolute atomic E-state index is 0.114. The summed E-state index contributed by atoms with van der Waals surface area (Å²) >= 11 is 0. The van der Waals surface area contributed by atoms with Crippen LogP contribution in [0.4, 0.5) is 10.4 Å². The van der Waals surface area contributed by atoms with E-state index >= 15 is 0 Å². The van der Waals surface area contributed by atoms with E-state index in [9.17, 15) is 17.6 Å². The number of aryl methyl sites for hydroxylation is 2. The molecule has 0 fully saturated rings. The molecule has 10 heteroatoms. The molecule has 2 N–H and O–H groups in total. The van der Waals surface area contributed by atoms with Crippen LogP contribution in [0.25, 0.3) is 0 Å². The van der Waals surface area contributed by atoms with Crippen LogP contribution in [0.2, 0.25) is 0 Å². The summed E-state index contributed by atoms with van der Waals surface area (Å²) in [6, 6.07) is 1.36. The van der Waals surface area contributed by atoms with Crippen LogP contribution in [0.3, 0.4) is 0 Å². The van der Waals surface area contributed by atoms with Crippen molar-refractivity contribution < 1.29 is 27.2 Å². The number of halogens is 1. The average molecular weight is 315 g/mol. The lowest BCUT2D eigenvalue weighted by Gasteiger charge is -2.08. The Labute approximate surface area is 118 Å². The molecule has 0 aliphatic rings. The number of aromatic carboxylic acids is 1. The summed E-state index contributed by atoms with van der Waals surface area (Å²) in [5, 5.41) is 12.3. The highest BCUT2D eigenvalue weighted by Crippen LogP contribution is 2.21. The van der Waals surface area contributed by atoms with Crippen LogP contribution in [0.1, 0.15) is 21.7 Å².